The third-order valence-electron chi connectivity index (χ3n) is 7.89. The molecule has 1 fully saturated rings. The van der Waals surface area contributed by atoms with Gasteiger partial charge in [-0.3, -0.25) is 19.2 Å². The first-order valence-corrected chi connectivity index (χ1v) is 12.7. The van der Waals surface area contributed by atoms with Crippen molar-refractivity contribution in [3.63, 3.8) is 0 Å². The number of fused-ring (bicyclic) bond motifs is 2. The fourth-order valence-corrected chi connectivity index (χ4v) is 5.93. The summed E-state index contributed by atoms with van der Waals surface area (Å²) in [5, 5.41) is 0.509. The molecule has 6 rings (SSSR count). The van der Waals surface area contributed by atoms with E-state index in [0.29, 0.717) is 24.0 Å². The van der Waals surface area contributed by atoms with Gasteiger partial charge in [-0.25, -0.2) is 13.6 Å². The summed E-state index contributed by atoms with van der Waals surface area (Å²) in [7, 11) is 0. The van der Waals surface area contributed by atoms with Crippen LogP contribution in [0.5, 0.6) is 0 Å². The average molecular weight is 503 g/mol. The fourth-order valence-electron chi connectivity index (χ4n) is 5.93. The molecule has 3 aromatic carbocycles. The van der Waals surface area contributed by atoms with Crippen molar-refractivity contribution in [1.82, 2.24) is 19.4 Å². The molecule has 0 spiro atoms. The number of hydrogen-bond acceptors (Lipinski definition) is 4. The van der Waals surface area contributed by atoms with Gasteiger partial charge in [-0.2, -0.15) is 0 Å². The van der Waals surface area contributed by atoms with Crippen LogP contribution in [0.4, 0.5) is 8.78 Å². The minimum Gasteiger partial charge on any atom is -0.307 e. The number of nitrogens with one attached hydrogen (secondary N) is 1. The highest BCUT2D eigenvalue weighted by molar-refractivity contribution is 5.76. The lowest BCUT2D eigenvalue weighted by atomic mass is 9.93. The van der Waals surface area contributed by atoms with E-state index in [1.165, 1.54) is 22.8 Å². The normalized spacial score (nSPS) is 20.4. The van der Waals surface area contributed by atoms with E-state index in [4.69, 9.17) is 0 Å². The van der Waals surface area contributed by atoms with E-state index in [-0.39, 0.29) is 29.2 Å². The van der Waals surface area contributed by atoms with Crippen LogP contribution in [-0.2, 0) is 6.54 Å². The first-order valence-electron chi connectivity index (χ1n) is 12.7. The molecule has 190 valence electrons. The Balaban J connectivity index is 1.14. The number of hydrogen-bond donors (Lipinski definition) is 1. The Bertz CT molecular complexity index is 1560. The molecule has 0 amide bonds. The lowest BCUT2D eigenvalue weighted by Gasteiger charge is -2.38. The standard InChI is InChI=1S/C29H28F2N4O2/c30-20-7-5-19(6-8-20)24-18-27(25-17-21(31)9-10-22(24)25)34-14-11-33(12-15-34)13-16-35-28(36)23-3-1-2-4-26(23)32-29(35)37/h1-10,17,24,27H,11-16,18H2,(H,32,37). The predicted molar refractivity (Wildman–Crippen MR) is 139 cm³/mol. The van der Waals surface area contributed by atoms with Gasteiger partial charge in [0.05, 0.1) is 10.9 Å². The summed E-state index contributed by atoms with van der Waals surface area (Å²) in [6.07, 6.45) is 0.826. The van der Waals surface area contributed by atoms with E-state index in [2.05, 4.69) is 14.8 Å². The van der Waals surface area contributed by atoms with Crippen molar-refractivity contribution in [2.45, 2.75) is 24.9 Å². The van der Waals surface area contributed by atoms with Crippen LogP contribution in [0.15, 0.2) is 76.3 Å². The SMILES string of the molecule is O=c1[nH]c2ccccc2c(=O)n1CCN1CCN(C2CC(c3ccc(F)cc3)c3ccc(F)cc32)CC1. The number of halogens is 2. The van der Waals surface area contributed by atoms with E-state index >= 15 is 0 Å². The molecule has 2 atom stereocenters. The van der Waals surface area contributed by atoms with Gasteiger partial charge in [0.25, 0.3) is 5.56 Å². The second kappa shape index (κ2) is 9.68. The summed E-state index contributed by atoms with van der Waals surface area (Å²) >= 11 is 0. The van der Waals surface area contributed by atoms with Crippen LogP contribution < -0.4 is 11.2 Å². The van der Waals surface area contributed by atoms with Gasteiger partial charge < -0.3 is 4.98 Å². The molecular formula is C29H28F2N4O2. The number of para-hydroxylation sites is 1. The Kier molecular flexibility index (Phi) is 6.22. The van der Waals surface area contributed by atoms with Crippen molar-refractivity contribution in [2.24, 2.45) is 0 Å². The molecule has 0 bridgehead atoms. The zero-order valence-corrected chi connectivity index (χ0v) is 20.4. The van der Waals surface area contributed by atoms with Crippen LogP contribution in [0.2, 0.25) is 0 Å². The second-order valence-corrected chi connectivity index (χ2v) is 9.94. The maximum absolute atomic E-state index is 14.2. The van der Waals surface area contributed by atoms with Gasteiger partial charge in [0.15, 0.2) is 0 Å². The minimum atomic E-state index is -0.390. The maximum atomic E-state index is 14.2. The van der Waals surface area contributed by atoms with Gasteiger partial charge in [-0.1, -0.05) is 30.3 Å². The summed E-state index contributed by atoms with van der Waals surface area (Å²) in [6.45, 7) is 4.12. The maximum Gasteiger partial charge on any atom is 0.328 e. The van der Waals surface area contributed by atoms with Crippen molar-refractivity contribution in [1.29, 1.82) is 0 Å². The average Bonchev–Trinajstić information content (AvgIpc) is 3.28. The Labute approximate surface area is 212 Å². The van der Waals surface area contributed by atoms with Gasteiger partial charge in [0.1, 0.15) is 11.6 Å². The molecule has 1 aliphatic heterocycles. The smallest absolute Gasteiger partial charge is 0.307 e. The number of H-pyrrole nitrogens is 1. The van der Waals surface area contributed by atoms with E-state index in [0.717, 1.165) is 49.3 Å². The largest absolute Gasteiger partial charge is 0.328 e. The molecule has 1 aromatic heterocycles. The lowest BCUT2D eigenvalue weighted by molar-refractivity contribution is 0.0922. The highest BCUT2D eigenvalue weighted by atomic mass is 19.1. The summed E-state index contributed by atoms with van der Waals surface area (Å²) < 4.78 is 29.0. The quantitative estimate of drug-likeness (QED) is 0.450. The number of aromatic nitrogens is 2. The van der Waals surface area contributed by atoms with E-state index in [1.54, 1.807) is 30.3 Å². The van der Waals surface area contributed by atoms with Gasteiger partial charge >= 0.3 is 5.69 Å². The molecule has 1 aliphatic carbocycles. The van der Waals surface area contributed by atoms with Crippen molar-refractivity contribution < 1.29 is 8.78 Å². The zero-order valence-electron chi connectivity index (χ0n) is 20.4. The highest BCUT2D eigenvalue weighted by Gasteiger charge is 2.36. The topological polar surface area (TPSA) is 61.3 Å². The van der Waals surface area contributed by atoms with Gasteiger partial charge in [0.2, 0.25) is 0 Å². The summed E-state index contributed by atoms with van der Waals surface area (Å²) in [5.74, 6) is -0.402. The highest BCUT2D eigenvalue weighted by Crippen LogP contribution is 2.47. The van der Waals surface area contributed by atoms with Crippen LogP contribution >= 0.6 is 0 Å². The summed E-state index contributed by atoms with van der Waals surface area (Å²) in [6, 6.07) is 18.8. The molecule has 0 radical (unpaired) electrons. The van der Waals surface area contributed by atoms with E-state index < -0.39 is 5.69 Å². The molecule has 37 heavy (non-hydrogen) atoms. The Morgan fingerprint density at radius 3 is 2.32 bits per heavy atom. The number of piperazine rings is 1. The first-order chi connectivity index (χ1) is 18.0. The molecule has 2 aliphatic rings. The fraction of sp³-hybridized carbons (Fsp3) is 0.310. The number of aromatic amines is 1. The summed E-state index contributed by atoms with van der Waals surface area (Å²) in [4.78, 5) is 32.8. The van der Waals surface area contributed by atoms with E-state index in [9.17, 15) is 18.4 Å². The van der Waals surface area contributed by atoms with Crippen molar-refractivity contribution in [3.05, 3.63) is 116 Å². The Morgan fingerprint density at radius 2 is 1.54 bits per heavy atom. The van der Waals surface area contributed by atoms with Crippen LogP contribution in [0.25, 0.3) is 10.9 Å². The minimum absolute atomic E-state index is 0.0915. The first kappa shape index (κ1) is 23.8. The van der Waals surface area contributed by atoms with Crippen LogP contribution in [0.3, 0.4) is 0 Å². The van der Waals surface area contributed by atoms with Crippen molar-refractivity contribution in [3.8, 4) is 0 Å². The van der Waals surface area contributed by atoms with Gasteiger partial charge in [-0.15, -0.1) is 0 Å². The second-order valence-electron chi connectivity index (χ2n) is 9.94. The third kappa shape index (κ3) is 4.51. The predicted octanol–water partition coefficient (Wildman–Crippen LogP) is 3.86. The monoisotopic (exact) mass is 502 g/mol. The van der Waals surface area contributed by atoms with E-state index in [1.807, 2.05) is 18.2 Å². The molecular weight excluding hydrogens is 474 g/mol. The van der Waals surface area contributed by atoms with Crippen LogP contribution in [0, 0.1) is 11.6 Å². The van der Waals surface area contributed by atoms with Crippen LogP contribution in [-0.4, -0.2) is 52.1 Å². The van der Waals surface area contributed by atoms with Crippen molar-refractivity contribution in [2.75, 3.05) is 32.7 Å². The number of nitrogens with zero attached hydrogens (tertiary/aromatic N) is 3. The Morgan fingerprint density at radius 1 is 0.811 bits per heavy atom. The van der Waals surface area contributed by atoms with Crippen LogP contribution in [0.1, 0.15) is 35.1 Å². The molecule has 1 saturated heterocycles. The van der Waals surface area contributed by atoms with Gasteiger partial charge in [0, 0.05) is 51.2 Å². The molecule has 2 unspecified atom stereocenters. The number of rotatable bonds is 5. The molecule has 6 nitrogen and oxygen atoms in total. The molecule has 4 aromatic rings. The zero-order chi connectivity index (χ0) is 25.5. The molecule has 0 saturated carbocycles. The lowest BCUT2D eigenvalue weighted by Crippen LogP contribution is -2.49. The summed E-state index contributed by atoms with van der Waals surface area (Å²) in [5.41, 5.74) is 3.05. The molecule has 1 N–H and O–H groups in total. The van der Waals surface area contributed by atoms with Gasteiger partial charge in [-0.05, 0) is 59.5 Å². The Hall–Kier alpha value is -3.62. The van der Waals surface area contributed by atoms with Crippen molar-refractivity contribution >= 4 is 10.9 Å². The molecule has 2 heterocycles. The number of benzene rings is 3. The third-order valence-corrected chi connectivity index (χ3v) is 7.89. The molecule has 8 heteroatoms.